The van der Waals surface area contributed by atoms with E-state index in [0.29, 0.717) is 92.9 Å². The van der Waals surface area contributed by atoms with Crippen LogP contribution >= 0.6 is 96.3 Å². The van der Waals surface area contributed by atoms with Gasteiger partial charge in [-0.3, -0.25) is 13.5 Å². The molecule has 0 aliphatic rings. The van der Waals surface area contributed by atoms with E-state index in [1.807, 2.05) is 250 Å². The van der Waals surface area contributed by atoms with Gasteiger partial charge in [-0.1, -0.05) is 340 Å². The summed E-state index contributed by atoms with van der Waals surface area (Å²) in [5.41, 5.74) is 14.9. The zero-order valence-corrected chi connectivity index (χ0v) is 88.2. The van der Waals surface area contributed by atoms with Gasteiger partial charge in [0.25, 0.3) is 0 Å². The van der Waals surface area contributed by atoms with Gasteiger partial charge in [0.2, 0.25) is 19.7 Å². The number of aromatic nitrogens is 6. The number of hydrogen-bond donors (Lipinski definition) is 5. The molecule has 19 aromatic rings. The molecule has 0 fully saturated rings. The lowest BCUT2D eigenvalue weighted by atomic mass is 9.99. The number of benzene rings is 12. The summed E-state index contributed by atoms with van der Waals surface area (Å²) in [7, 11) is -18.8. The molecular formula is C111H89BrCl4N6O15S8. The number of thiophene rings is 2. The van der Waals surface area contributed by atoms with Crippen molar-refractivity contribution in [2.45, 2.75) is 73.5 Å². The maximum absolute atomic E-state index is 13.4. The van der Waals surface area contributed by atoms with Crippen LogP contribution in [0.5, 0.6) is 0 Å². The highest BCUT2D eigenvalue weighted by molar-refractivity contribution is 9.10. The molecule has 0 spiro atoms. The van der Waals surface area contributed by atoms with Crippen LogP contribution in [-0.4, -0.2) is 96.2 Å². The number of thiazole rings is 1. The van der Waals surface area contributed by atoms with Crippen LogP contribution in [0, 0.1) is 6.92 Å². The summed E-state index contributed by atoms with van der Waals surface area (Å²) in [6.45, 7) is 20.2. The number of aliphatic hydroxyl groups is 5. The lowest BCUT2D eigenvalue weighted by Gasteiger charge is -2.13. The average Bonchev–Trinajstić information content (AvgIpc) is 1.59. The van der Waals surface area contributed by atoms with Crippen LogP contribution < -0.4 is 0 Å². The molecule has 21 nitrogen and oxygen atoms in total. The number of nitrogens with zero attached hydrogens (tertiary/aromatic N) is 6. The summed E-state index contributed by atoms with van der Waals surface area (Å²) in [4.78, 5) is 9.90. The first-order chi connectivity index (χ1) is 69.2. The van der Waals surface area contributed by atoms with Crippen molar-refractivity contribution in [2.75, 3.05) is 0 Å². The number of hydrogen-bond acceptors (Lipinski definition) is 21. The molecule has 0 saturated carbocycles. The molecule has 0 atom stereocenters. The highest BCUT2D eigenvalue weighted by Crippen LogP contribution is 2.42. The highest BCUT2D eigenvalue weighted by atomic mass is 79.9. The van der Waals surface area contributed by atoms with Crippen LogP contribution in [0.3, 0.4) is 0 Å². The normalized spacial score (nSPS) is 11.6. The molecule has 736 valence electrons. The predicted octanol–water partition coefficient (Wildman–Crippen LogP) is 29.0. The number of rotatable bonds is 28. The van der Waals surface area contributed by atoms with E-state index in [-0.39, 0.29) is 92.2 Å². The topological polar surface area (TPSA) is 324 Å². The van der Waals surface area contributed by atoms with Gasteiger partial charge in [0.15, 0.2) is 59.9 Å². The van der Waals surface area contributed by atoms with E-state index < -0.39 is 49.2 Å². The Morgan fingerprint density at radius 2 is 0.738 bits per heavy atom. The molecule has 12 aromatic carbocycles. The minimum atomic E-state index is -3.90. The molecule has 0 amide bonds. The monoisotopic (exact) mass is 2220 g/mol. The minimum Gasteiger partial charge on any atom is -0.508 e. The van der Waals surface area contributed by atoms with Crippen molar-refractivity contribution in [3.8, 4) is 55.6 Å². The Bertz CT molecular complexity index is 8750. The van der Waals surface area contributed by atoms with Gasteiger partial charge in [-0.25, -0.2) is 52.1 Å². The lowest BCUT2D eigenvalue weighted by molar-refractivity contribution is 0.512. The van der Waals surface area contributed by atoms with Crippen molar-refractivity contribution in [3.63, 3.8) is 0 Å². The molecule has 0 aliphatic heterocycles. The zero-order chi connectivity index (χ0) is 103. The van der Waals surface area contributed by atoms with Gasteiger partial charge in [-0.15, -0.1) is 34.0 Å². The molecule has 19 rings (SSSR count). The average molecular weight is 2230 g/mol. The van der Waals surface area contributed by atoms with Gasteiger partial charge in [0, 0.05) is 71.6 Å². The van der Waals surface area contributed by atoms with Crippen molar-refractivity contribution < 1.29 is 67.6 Å². The SMILES string of the molecule is C=C(O)c1ccc(-c2ccccc2)cc1CS(=O)(=O)c1c(C)sc2ccccc12.C=C(O)c1ccc(-c2ccccc2)cc1CS(=O)(=O)c1c(Cl)nc2ccc(Br)cn12.C=C(O)c1ccc(-c2ccccc2)cc1CS(=O)(=O)c1c(Cl)nc2sccn12.C=C(O)c1ccc(-c2ccccc2)cc1CS(=O)(=O)c1cc(Cl)sc1Cl.C=C(O)c1ccc(-c2ccccc2)cc1CS(=O)(=O)c1ccnn1CCc1ccccc1. The van der Waals surface area contributed by atoms with Gasteiger partial charge in [0.05, 0.1) is 49.1 Å². The van der Waals surface area contributed by atoms with Gasteiger partial charge in [-0.2, -0.15) is 5.10 Å². The van der Waals surface area contributed by atoms with Gasteiger partial charge in [0.1, 0.15) is 38.8 Å². The van der Waals surface area contributed by atoms with Crippen molar-refractivity contribution >= 4 is 195 Å². The van der Waals surface area contributed by atoms with Crippen LogP contribution in [0.1, 0.15) is 66.1 Å². The fourth-order valence-electron chi connectivity index (χ4n) is 16.4. The Morgan fingerprint density at radius 3 is 1.13 bits per heavy atom. The van der Waals surface area contributed by atoms with Gasteiger partial charge < -0.3 is 25.5 Å². The Hall–Kier alpha value is -13.5. The standard InChI is InChI=1S/C26H24N2O3S.C24H20O3S2.C22H16BrClN2O3S.C20H15ClN2O3S2.C19H14Cl2O3S2/c1-20(29)25-13-12-23(22-10-6-3-7-11-22)18-24(25)19-32(30,31)26-14-16-27-28(26)17-15-21-8-4-2-5-9-21;1-16(25)21-13-12-19(18-8-4-3-5-9-18)14-20(21)15-29(26,27)24-17(2)28-23-11-7-6-10-22(23)24;1-14(27)19-9-7-16(15-5-3-2-4-6-15)11-17(19)13-30(28,29)22-21(24)25-20-10-8-18(23)12-26(20)22;1-13(24)17-8-7-15(14-5-3-2-4-6-14)11-16(17)12-28(25,26)19-18(21)22-20-23(19)9-10-27-20;1-12(22)16-8-7-14(13-5-3-2-4-6-13)9-15(16)11-26(23,24)17-10-18(20)25-19(17)21/h2-14,16,18,29H,1,15,17,19H2;3-14,25H,1,15H2,2H3;2-12,27H,1,13H2;2-11,24H,1,12H2;2-10,22H,1,11H2. The molecule has 7 heterocycles. The number of aryl methyl sites for hydroxylation is 3. The summed E-state index contributed by atoms with van der Waals surface area (Å²) in [6, 6.07) is 98.4. The number of imidazole rings is 2. The number of fused-ring (bicyclic) bond motifs is 3. The Morgan fingerprint density at radius 1 is 0.379 bits per heavy atom. The van der Waals surface area contributed by atoms with E-state index in [1.165, 1.54) is 54.5 Å². The van der Waals surface area contributed by atoms with Crippen LogP contribution in [0.4, 0.5) is 0 Å². The van der Waals surface area contributed by atoms with Crippen molar-refractivity contribution in [3.05, 3.63) is 468 Å². The molecule has 34 heteroatoms. The van der Waals surface area contributed by atoms with Crippen LogP contribution in [0.2, 0.25) is 19.0 Å². The number of sulfone groups is 5. The lowest BCUT2D eigenvalue weighted by Crippen LogP contribution is -2.15. The van der Waals surface area contributed by atoms with Gasteiger partial charge in [-0.05, 0) is 179 Å². The maximum Gasteiger partial charge on any atom is 0.201 e. The molecule has 0 radical (unpaired) electrons. The second-order valence-corrected chi connectivity index (χ2v) is 48.7. The summed E-state index contributed by atoms with van der Waals surface area (Å²) in [6.07, 6.45) is 5.41. The van der Waals surface area contributed by atoms with Crippen LogP contribution in [0.25, 0.3) is 105 Å². The van der Waals surface area contributed by atoms with Crippen molar-refractivity contribution in [2.24, 2.45) is 0 Å². The molecule has 0 saturated heterocycles. The quantitative estimate of drug-likeness (QED) is 0.0284. The first-order valence-electron chi connectivity index (χ1n) is 44.1. The minimum absolute atomic E-state index is 0.00576. The summed E-state index contributed by atoms with van der Waals surface area (Å²) in [5, 5.41) is 56.5. The molecular weight excluding hydrogens is 2140 g/mol. The summed E-state index contributed by atoms with van der Waals surface area (Å²) < 4.78 is 139. The maximum atomic E-state index is 13.4. The van der Waals surface area contributed by atoms with E-state index in [4.69, 9.17) is 46.4 Å². The van der Waals surface area contributed by atoms with Gasteiger partial charge >= 0.3 is 0 Å². The third-order valence-electron chi connectivity index (χ3n) is 23.0. The summed E-state index contributed by atoms with van der Waals surface area (Å²) in [5.74, 6) is -2.39. The largest absolute Gasteiger partial charge is 0.508 e. The smallest absolute Gasteiger partial charge is 0.201 e. The van der Waals surface area contributed by atoms with E-state index in [9.17, 15) is 67.6 Å². The molecule has 0 unspecified atom stereocenters. The van der Waals surface area contributed by atoms with E-state index in [0.717, 1.165) is 87.5 Å². The Kier molecular flexibility index (Phi) is 33.4. The van der Waals surface area contributed by atoms with Crippen LogP contribution in [0.15, 0.2) is 408 Å². The molecule has 5 N–H and O–H groups in total. The second kappa shape index (κ2) is 45.8. The third kappa shape index (κ3) is 25.3. The zero-order valence-electron chi connectivity index (χ0n) is 77.1. The Balaban J connectivity index is 0.000000136. The first kappa shape index (κ1) is 106. The molecule has 7 aromatic heterocycles. The number of halogens is 5. The highest BCUT2D eigenvalue weighted by Gasteiger charge is 2.32. The predicted molar refractivity (Wildman–Crippen MR) is 591 cm³/mol. The van der Waals surface area contributed by atoms with Crippen molar-refractivity contribution in [1.29, 1.82) is 0 Å². The number of aliphatic hydroxyl groups excluding tert-OH is 5. The Labute approximate surface area is 879 Å². The van der Waals surface area contributed by atoms with Crippen LogP contribution in [-0.2, 0) is 90.9 Å². The second-order valence-electron chi connectivity index (χ2n) is 33.1. The fraction of sp³-hybridized carbons (Fsp3) is 0.0721. The third-order valence-corrected chi connectivity index (χ3v) is 36.5. The number of pyridine rings is 1. The molecule has 0 bridgehead atoms. The fourth-order valence-corrected chi connectivity index (χ4v) is 30.1. The van der Waals surface area contributed by atoms with E-state index in [2.05, 4.69) is 63.9 Å². The van der Waals surface area contributed by atoms with E-state index >= 15 is 0 Å². The molecule has 0 aliphatic carbocycles. The van der Waals surface area contributed by atoms with Crippen molar-refractivity contribution in [1.82, 2.24) is 28.5 Å². The summed E-state index contributed by atoms with van der Waals surface area (Å²) >= 11 is 31.3. The molecule has 145 heavy (non-hydrogen) atoms. The van der Waals surface area contributed by atoms with E-state index in [1.54, 1.807) is 84.5 Å². The first-order valence-corrected chi connectivity index (χ1v) is 57.2.